The molecule has 3 aromatic heterocycles. The second-order valence-corrected chi connectivity index (χ2v) is 12.0. The first kappa shape index (κ1) is 25.0. The van der Waals surface area contributed by atoms with Crippen LogP contribution in [0.25, 0.3) is 33.4 Å². The average Bonchev–Trinajstić information content (AvgIpc) is 3.42. The number of aromatic nitrogens is 4. The predicted molar refractivity (Wildman–Crippen MR) is 146 cm³/mol. The number of rotatable bonds is 5. The van der Waals surface area contributed by atoms with Gasteiger partial charge in [0.05, 0.1) is 29.8 Å². The molecule has 2 aliphatic heterocycles. The minimum Gasteiger partial charge on any atom is -0.377 e. The molecular formula is C28H31N5O4S. The molecule has 4 aromatic rings. The molecule has 0 aliphatic carbocycles. The molecule has 0 spiro atoms. The highest BCUT2D eigenvalue weighted by Crippen LogP contribution is 2.37. The van der Waals surface area contributed by atoms with Gasteiger partial charge >= 0.3 is 0 Å². The van der Waals surface area contributed by atoms with Crippen LogP contribution in [0.5, 0.6) is 0 Å². The van der Waals surface area contributed by atoms with Gasteiger partial charge in [-0.05, 0) is 67.6 Å². The Balaban J connectivity index is 1.58. The largest absolute Gasteiger partial charge is 0.377 e. The van der Waals surface area contributed by atoms with Crippen molar-refractivity contribution < 1.29 is 17.9 Å². The third-order valence-electron chi connectivity index (χ3n) is 7.29. The van der Waals surface area contributed by atoms with Gasteiger partial charge in [0.25, 0.3) is 0 Å². The molecule has 198 valence electrons. The number of ether oxygens (including phenoxy) is 2. The van der Waals surface area contributed by atoms with Gasteiger partial charge in [0.1, 0.15) is 17.0 Å². The third kappa shape index (κ3) is 4.68. The van der Waals surface area contributed by atoms with Gasteiger partial charge in [0.15, 0.2) is 16.1 Å². The Morgan fingerprint density at radius 2 is 1.95 bits per heavy atom. The fourth-order valence-corrected chi connectivity index (χ4v) is 5.99. The lowest BCUT2D eigenvalue weighted by atomic mass is 10.00. The molecule has 0 bridgehead atoms. The van der Waals surface area contributed by atoms with E-state index in [1.54, 1.807) is 30.6 Å². The van der Waals surface area contributed by atoms with Gasteiger partial charge in [-0.2, -0.15) is 5.10 Å². The number of sulfone groups is 1. The van der Waals surface area contributed by atoms with E-state index in [4.69, 9.17) is 19.4 Å². The quantitative estimate of drug-likeness (QED) is 0.370. The van der Waals surface area contributed by atoms with Crippen LogP contribution in [0.1, 0.15) is 32.4 Å². The minimum absolute atomic E-state index is 0.140. The topological polar surface area (TPSA) is 99.4 Å². The molecule has 0 amide bonds. The molecule has 5 heterocycles. The van der Waals surface area contributed by atoms with Crippen molar-refractivity contribution in [2.45, 2.75) is 43.4 Å². The van der Waals surface area contributed by atoms with Gasteiger partial charge < -0.3 is 14.4 Å². The molecule has 38 heavy (non-hydrogen) atoms. The summed E-state index contributed by atoms with van der Waals surface area (Å²) in [5.74, 6) is 0.808. The molecule has 2 fully saturated rings. The molecule has 6 rings (SSSR count). The Morgan fingerprint density at radius 3 is 2.74 bits per heavy atom. The number of fused-ring (bicyclic) bond motifs is 1. The number of anilines is 1. The van der Waals surface area contributed by atoms with Crippen LogP contribution in [-0.4, -0.2) is 66.8 Å². The number of morpholine rings is 1. The van der Waals surface area contributed by atoms with E-state index in [1.807, 2.05) is 22.9 Å². The van der Waals surface area contributed by atoms with Crippen molar-refractivity contribution >= 4 is 26.6 Å². The first-order valence-corrected chi connectivity index (χ1v) is 14.9. The van der Waals surface area contributed by atoms with Crippen molar-refractivity contribution in [2.24, 2.45) is 0 Å². The number of benzene rings is 1. The van der Waals surface area contributed by atoms with E-state index < -0.39 is 9.84 Å². The summed E-state index contributed by atoms with van der Waals surface area (Å²) in [6.07, 6.45) is 7.68. The Hall–Kier alpha value is -3.34. The predicted octanol–water partition coefficient (Wildman–Crippen LogP) is 4.49. The number of hydrogen-bond acceptors (Lipinski definition) is 8. The van der Waals surface area contributed by atoms with Gasteiger partial charge in [-0.25, -0.2) is 18.1 Å². The van der Waals surface area contributed by atoms with Crippen molar-refractivity contribution in [3.63, 3.8) is 0 Å². The molecule has 0 saturated carbocycles. The Morgan fingerprint density at radius 1 is 1.05 bits per heavy atom. The summed E-state index contributed by atoms with van der Waals surface area (Å²) in [4.78, 5) is 12.5. The summed E-state index contributed by atoms with van der Waals surface area (Å²) in [5, 5.41) is 5.49. The smallest absolute Gasteiger partial charge is 0.175 e. The normalized spacial score (nSPS) is 20.6. The number of hydrogen-bond donors (Lipinski definition) is 0. The van der Waals surface area contributed by atoms with Crippen LogP contribution in [0.3, 0.4) is 0 Å². The van der Waals surface area contributed by atoms with Crippen LogP contribution < -0.4 is 4.90 Å². The Kier molecular flexibility index (Phi) is 6.63. The van der Waals surface area contributed by atoms with E-state index in [1.165, 1.54) is 6.26 Å². The van der Waals surface area contributed by atoms with Gasteiger partial charge in [-0.1, -0.05) is 12.1 Å². The summed E-state index contributed by atoms with van der Waals surface area (Å²) < 4.78 is 38.4. The molecule has 1 aromatic carbocycles. The van der Waals surface area contributed by atoms with Crippen LogP contribution in [0.4, 0.5) is 5.82 Å². The van der Waals surface area contributed by atoms with Crippen LogP contribution in [0, 0.1) is 0 Å². The van der Waals surface area contributed by atoms with Crippen LogP contribution in [0.15, 0.2) is 59.8 Å². The first-order chi connectivity index (χ1) is 18.4. The maximum absolute atomic E-state index is 12.4. The fourth-order valence-electron chi connectivity index (χ4n) is 5.32. The van der Waals surface area contributed by atoms with E-state index in [-0.39, 0.29) is 17.2 Å². The van der Waals surface area contributed by atoms with E-state index in [2.05, 4.69) is 23.0 Å². The molecule has 2 aliphatic rings. The van der Waals surface area contributed by atoms with Crippen LogP contribution in [0.2, 0.25) is 0 Å². The van der Waals surface area contributed by atoms with E-state index in [0.717, 1.165) is 58.5 Å². The standard InChI is InChI=1S/C28H31N5O4S/c1-19-18-36-15-13-32(19)25-17-23(20-6-5-7-21(16-20)38(2,34)35)22-9-11-29-28(27(22)31-25)24-10-12-30-33(24)26-8-3-4-14-37-26/h5-7,9-12,16-17,19,26H,3-4,8,13-15,18H2,1-2H3. The monoisotopic (exact) mass is 533 g/mol. The van der Waals surface area contributed by atoms with Crippen molar-refractivity contribution in [2.75, 3.05) is 37.5 Å². The summed E-state index contributed by atoms with van der Waals surface area (Å²) in [7, 11) is -3.37. The minimum atomic E-state index is -3.37. The zero-order chi connectivity index (χ0) is 26.3. The Bertz CT molecular complexity index is 1580. The SMILES string of the molecule is CC1COCCN1c1cc(-c2cccc(S(C)(=O)=O)c2)c2ccnc(-c3ccnn3C3CCCCO3)c2n1. The Labute approximate surface area is 222 Å². The number of pyridine rings is 2. The van der Waals surface area contributed by atoms with Crippen molar-refractivity contribution in [3.05, 3.63) is 54.9 Å². The molecular weight excluding hydrogens is 502 g/mol. The fraction of sp³-hybridized carbons (Fsp3) is 0.393. The maximum atomic E-state index is 12.4. The third-order valence-corrected chi connectivity index (χ3v) is 8.40. The highest BCUT2D eigenvalue weighted by molar-refractivity contribution is 7.90. The lowest BCUT2D eigenvalue weighted by molar-refractivity contribution is -0.0383. The van der Waals surface area contributed by atoms with Gasteiger partial charge in [0, 0.05) is 37.2 Å². The molecule has 0 radical (unpaired) electrons. The van der Waals surface area contributed by atoms with Crippen molar-refractivity contribution in [1.29, 1.82) is 0 Å². The van der Waals surface area contributed by atoms with Crippen molar-refractivity contribution in [1.82, 2.24) is 19.7 Å². The molecule has 2 saturated heterocycles. The average molecular weight is 534 g/mol. The molecule has 2 atom stereocenters. The summed E-state index contributed by atoms with van der Waals surface area (Å²) in [6.45, 7) is 4.78. The second-order valence-electron chi connectivity index (χ2n) is 9.98. The highest BCUT2D eigenvalue weighted by Gasteiger charge is 2.25. The van der Waals surface area contributed by atoms with E-state index in [9.17, 15) is 8.42 Å². The molecule has 2 unspecified atom stereocenters. The van der Waals surface area contributed by atoms with Gasteiger partial charge in [-0.15, -0.1) is 0 Å². The summed E-state index contributed by atoms with van der Waals surface area (Å²) >= 11 is 0. The van der Waals surface area contributed by atoms with E-state index >= 15 is 0 Å². The zero-order valence-electron chi connectivity index (χ0n) is 21.6. The molecule has 0 N–H and O–H groups in total. The molecule has 9 nitrogen and oxygen atoms in total. The van der Waals surface area contributed by atoms with Crippen molar-refractivity contribution in [3.8, 4) is 22.5 Å². The van der Waals surface area contributed by atoms with E-state index in [0.29, 0.717) is 26.4 Å². The maximum Gasteiger partial charge on any atom is 0.175 e. The zero-order valence-corrected chi connectivity index (χ0v) is 22.4. The lowest BCUT2D eigenvalue weighted by Crippen LogP contribution is -2.44. The highest BCUT2D eigenvalue weighted by atomic mass is 32.2. The second kappa shape index (κ2) is 10.1. The first-order valence-electron chi connectivity index (χ1n) is 13.0. The van der Waals surface area contributed by atoms with Gasteiger partial charge in [0.2, 0.25) is 0 Å². The lowest BCUT2D eigenvalue weighted by Gasteiger charge is -2.34. The summed E-state index contributed by atoms with van der Waals surface area (Å²) in [6, 6.07) is 13.2. The number of nitrogens with zero attached hydrogens (tertiary/aromatic N) is 5. The van der Waals surface area contributed by atoms with Crippen LogP contribution >= 0.6 is 0 Å². The van der Waals surface area contributed by atoms with Crippen LogP contribution in [-0.2, 0) is 19.3 Å². The summed E-state index contributed by atoms with van der Waals surface area (Å²) in [5.41, 5.74) is 4.01. The van der Waals surface area contributed by atoms with Gasteiger partial charge in [-0.3, -0.25) is 4.98 Å². The molecule has 10 heteroatoms.